The average Bonchev–Trinajstić information content (AvgIpc) is 3.00. The first-order chi connectivity index (χ1) is 13.0. The maximum absolute atomic E-state index is 12.2. The van der Waals surface area contributed by atoms with E-state index < -0.39 is 17.8 Å². The van der Waals surface area contributed by atoms with Gasteiger partial charge >= 0.3 is 11.9 Å². The Bertz CT molecular complexity index is 997. The number of rotatable bonds is 4. The smallest absolute Gasteiger partial charge is 0.340 e. The van der Waals surface area contributed by atoms with E-state index in [4.69, 9.17) is 4.74 Å². The second-order valence-corrected chi connectivity index (χ2v) is 6.41. The Morgan fingerprint density at radius 3 is 2.48 bits per heavy atom. The van der Waals surface area contributed by atoms with Crippen molar-refractivity contribution in [2.24, 2.45) is 4.99 Å². The molecule has 2 aromatic carbocycles. The van der Waals surface area contributed by atoms with Crippen molar-refractivity contribution in [2.75, 3.05) is 7.11 Å². The predicted molar refractivity (Wildman–Crippen MR) is 102 cm³/mol. The SMILES string of the molecule is COC(=O)c1ccccc1N=C1NC(=O)/C(=C\c2ccccc2C(=O)O)S1. The number of hydrogen-bond acceptors (Lipinski definition) is 6. The number of carboxylic acids is 1. The number of aliphatic imine (C=N–C) groups is 1. The van der Waals surface area contributed by atoms with Crippen LogP contribution in [0.25, 0.3) is 6.08 Å². The van der Waals surface area contributed by atoms with E-state index in [1.54, 1.807) is 42.5 Å². The first kappa shape index (κ1) is 18.4. The van der Waals surface area contributed by atoms with E-state index in [0.717, 1.165) is 11.8 Å². The lowest BCUT2D eigenvalue weighted by Crippen LogP contribution is -2.19. The molecule has 1 heterocycles. The fourth-order valence-corrected chi connectivity index (χ4v) is 3.23. The lowest BCUT2D eigenvalue weighted by molar-refractivity contribution is -0.115. The first-order valence-electron chi connectivity index (χ1n) is 7.79. The third kappa shape index (κ3) is 4.06. The first-order valence-corrected chi connectivity index (χ1v) is 8.60. The van der Waals surface area contributed by atoms with Crippen LogP contribution in [0.3, 0.4) is 0 Å². The van der Waals surface area contributed by atoms with Crippen LogP contribution < -0.4 is 5.32 Å². The maximum atomic E-state index is 12.2. The van der Waals surface area contributed by atoms with E-state index in [1.165, 1.54) is 19.3 Å². The standard InChI is InChI=1S/C19H14N2O5S/c1-26-18(25)13-8-4-5-9-14(13)20-19-21-16(22)15(27-19)10-11-6-2-3-7-12(11)17(23)24/h2-10H,1H3,(H,23,24)(H,20,21,22)/b15-10+. The van der Waals surface area contributed by atoms with Gasteiger partial charge in [0, 0.05) is 0 Å². The second-order valence-electron chi connectivity index (χ2n) is 5.38. The zero-order valence-electron chi connectivity index (χ0n) is 14.1. The van der Waals surface area contributed by atoms with E-state index in [-0.39, 0.29) is 16.3 Å². The molecule has 0 spiro atoms. The summed E-state index contributed by atoms with van der Waals surface area (Å²) >= 11 is 1.06. The molecule has 1 aliphatic rings. The van der Waals surface area contributed by atoms with Crippen LogP contribution in [0.5, 0.6) is 0 Å². The van der Waals surface area contributed by atoms with Crippen molar-refractivity contribution in [3.63, 3.8) is 0 Å². The largest absolute Gasteiger partial charge is 0.478 e. The van der Waals surface area contributed by atoms with Crippen molar-refractivity contribution in [3.05, 3.63) is 70.1 Å². The summed E-state index contributed by atoms with van der Waals surface area (Å²) in [4.78, 5) is 40.0. The second kappa shape index (κ2) is 7.88. The molecule has 1 amide bonds. The molecule has 136 valence electrons. The number of esters is 1. The zero-order chi connectivity index (χ0) is 19.4. The summed E-state index contributed by atoms with van der Waals surface area (Å²) in [6.07, 6.45) is 1.50. The molecule has 27 heavy (non-hydrogen) atoms. The molecular formula is C19H14N2O5S. The topological polar surface area (TPSA) is 105 Å². The maximum Gasteiger partial charge on any atom is 0.340 e. The number of ether oxygens (including phenoxy) is 1. The summed E-state index contributed by atoms with van der Waals surface area (Å²) in [6, 6.07) is 13.0. The molecule has 0 aliphatic carbocycles. The van der Waals surface area contributed by atoms with Gasteiger partial charge < -0.3 is 15.2 Å². The van der Waals surface area contributed by atoms with Crippen LogP contribution in [-0.4, -0.2) is 35.2 Å². The summed E-state index contributed by atoms with van der Waals surface area (Å²) in [5, 5.41) is 12.2. The Balaban J connectivity index is 1.92. The number of hydrogen-bond donors (Lipinski definition) is 2. The number of amides is 1. The summed E-state index contributed by atoms with van der Waals surface area (Å²) in [5.74, 6) is -2.00. The molecule has 1 saturated heterocycles. The quantitative estimate of drug-likeness (QED) is 0.622. The van der Waals surface area contributed by atoms with Crippen LogP contribution in [0.2, 0.25) is 0 Å². The van der Waals surface area contributed by atoms with E-state index >= 15 is 0 Å². The van der Waals surface area contributed by atoms with Gasteiger partial charge in [-0.25, -0.2) is 14.6 Å². The van der Waals surface area contributed by atoms with E-state index in [1.807, 2.05) is 0 Å². The van der Waals surface area contributed by atoms with Crippen molar-refractivity contribution in [3.8, 4) is 0 Å². The molecule has 2 N–H and O–H groups in total. The minimum atomic E-state index is -1.08. The molecule has 2 aromatic rings. The minimum Gasteiger partial charge on any atom is -0.478 e. The lowest BCUT2D eigenvalue weighted by Gasteiger charge is -2.03. The van der Waals surface area contributed by atoms with Gasteiger partial charge in [0.1, 0.15) is 0 Å². The Kier molecular flexibility index (Phi) is 5.37. The fourth-order valence-electron chi connectivity index (χ4n) is 2.40. The van der Waals surface area contributed by atoms with Crippen LogP contribution in [0.4, 0.5) is 5.69 Å². The number of benzene rings is 2. The summed E-state index contributed by atoms with van der Waals surface area (Å²) in [7, 11) is 1.28. The summed E-state index contributed by atoms with van der Waals surface area (Å²) in [5.41, 5.74) is 1.15. The normalized spacial score (nSPS) is 16.4. The number of amidine groups is 1. The number of carbonyl (C=O) groups is 3. The monoisotopic (exact) mass is 382 g/mol. The van der Waals surface area contributed by atoms with Gasteiger partial charge in [-0.2, -0.15) is 0 Å². The number of nitrogens with one attached hydrogen (secondary N) is 1. The fraction of sp³-hybridized carbons (Fsp3) is 0.0526. The molecule has 8 heteroatoms. The van der Waals surface area contributed by atoms with Gasteiger partial charge in [0.2, 0.25) is 0 Å². The van der Waals surface area contributed by atoms with Gasteiger partial charge in [-0.3, -0.25) is 4.79 Å². The highest BCUT2D eigenvalue weighted by Gasteiger charge is 2.25. The molecular weight excluding hydrogens is 368 g/mol. The molecule has 7 nitrogen and oxygen atoms in total. The molecule has 0 bridgehead atoms. The van der Waals surface area contributed by atoms with Gasteiger partial charge in [-0.1, -0.05) is 30.3 Å². The predicted octanol–water partition coefficient (Wildman–Crippen LogP) is 3.06. The van der Waals surface area contributed by atoms with Crippen molar-refractivity contribution in [1.29, 1.82) is 0 Å². The molecule has 1 aliphatic heterocycles. The number of carbonyl (C=O) groups excluding carboxylic acids is 2. The molecule has 0 saturated carbocycles. The van der Waals surface area contributed by atoms with Crippen LogP contribution in [0, 0.1) is 0 Å². The Labute approximate surface area is 158 Å². The van der Waals surface area contributed by atoms with Gasteiger partial charge in [0.05, 0.1) is 28.8 Å². The minimum absolute atomic E-state index is 0.0971. The number of aromatic carboxylic acids is 1. The van der Waals surface area contributed by atoms with Crippen molar-refractivity contribution in [2.45, 2.75) is 0 Å². The van der Waals surface area contributed by atoms with Crippen LogP contribution in [0.1, 0.15) is 26.3 Å². The average molecular weight is 382 g/mol. The van der Waals surface area contributed by atoms with E-state index in [2.05, 4.69) is 10.3 Å². The van der Waals surface area contributed by atoms with Gasteiger partial charge in [-0.15, -0.1) is 0 Å². The van der Waals surface area contributed by atoms with Gasteiger partial charge in [-0.05, 0) is 41.6 Å². The third-order valence-electron chi connectivity index (χ3n) is 3.66. The number of nitrogens with zero attached hydrogens (tertiary/aromatic N) is 1. The summed E-state index contributed by atoms with van der Waals surface area (Å²) in [6.45, 7) is 0. The molecule has 3 rings (SSSR count). The highest BCUT2D eigenvalue weighted by molar-refractivity contribution is 8.18. The van der Waals surface area contributed by atoms with Crippen LogP contribution in [0.15, 0.2) is 58.4 Å². The van der Waals surface area contributed by atoms with Crippen molar-refractivity contribution >= 4 is 46.5 Å². The Hall–Kier alpha value is -3.39. The Morgan fingerprint density at radius 1 is 1.11 bits per heavy atom. The van der Waals surface area contributed by atoms with Crippen LogP contribution in [-0.2, 0) is 9.53 Å². The third-order valence-corrected chi connectivity index (χ3v) is 4.57. The van der Waals surface area contributed by atoms with Gasteiger partial charge in [0.25, 0.3) is 5.91 Å². The number of carboxylic acid groups (broad SMARTS) is 1. The molecule has 0 radical (unpaired) electrons. The molecule has 0 atom stereocenters. The van der Waals surface area contributed by atoms with Crippen molar-refractivity contribution < 1.29 is 24.2 Å². The van der Waals surface area contributed by atoms with Crippen molar-refractivity contribution in [1.82, 2.24) is 5.32 Å². The van der Waals surface area contributed by atoms with E-state index in [9.17, 15) is 19.5 Å². The lowest BCUT2D eigenvalue weighted by atomic mass is 10.1. The highest BCUT2D eigenvalue weighted by atomic mass is 32.2. The molecule has 0 aromatic heterocycles. The van der Waals surface area contributed by atoms with Gasteiger partial charge in [0.15, 0.2) is 5.17 Å². The number of methoxy groups -OCH3 is 1. The number of thioether (sulfide) groups is 1. The summed E-state index contributed by atoms with van der Waals surface area (Å²) < 4.78 is 4.73. The molecule has 0 unspecified atom stereocenters. The number of para-hydroxylation sites is 1. The van der Waals surface area contributed by atoms with Crippen LogP contribution >= 0.6 is 11.8 Å². The molecule has 1 fully saturated rings. The highest BCUT2D eigenvalue weighted by Crippen LogP contribution is 2.30. The van der Waals surface area contributed by atoms with E-state index in [0.29, 0.717) is 16.2 Å². The zero-order valence-corrected chi connectivity index (χ0v) is 14.9. The Morgan fingerprint density at radius 2 is 1.78 bits per heavy atom.